The van der Waals surface area contributed by atoms with Crippen LogP contribution in [-0.2, 0) is 17.6 Å². The molecule has 0 saturated heterocycles. The second kappa shape index (κ2) is 6.96. The van der Waals surface area contributed by atoms with Gasteiger partial charge in [-0.25, -0.2) is 4.39 Å². The first kappa shape index (κ1) is 14.4. The Labute approximate surface area is 120 Å². The molecule has 0 N–H and O–H groups in total. The van der Waals surface area contributed by atoms with Gasteiger partial charge in [0.2, 0.25) is 6.86 Å². The standard InChI is InChI=1S/C14H12ClFN2O2/c15-14-5-4-11(17-18-14)8-12(19)6-10-2-1-3-13(7-10)20-9-16/h1-5,7H,6,8-9H2. The second-order valence-electron chi connectivity index (χ2n) is 4.14. The van der Waals surface area contributed by atoms with Crippen molar-refractivity contribution in [1.82, 2.24) is 10.2 Å². The smallest absolute Gasteiger partial charge is 0.228 e. The van der Waals surface area contributed by atoms with E-state index in [0.717, 1.165) is 5.56 Å². The van der Waals surface area contributed by atoms with Crippen molar-refractivity contribution in [2.75, 3.05) is 6.86 Å². The highest BCUT2D eigenvalue weighted by Gasteiger charge is 2.08. The van der Waals surface area contributed by atoms with E-state index in [2.05, 4.69) is 10.2 Å². The first-order valence-electron chi connectivity index (χ1n) is 5.95. The van der Waals surface area contributed by atoms with Crippen LogP contribution in [0.25, 0.3) is 0 Å². The number of halogens is 2. The van der Waals surface area contributed by atoms with E-state index < -0.39 is 6.86 Å². The number of carbonyl (C=O) groups excluding carboxylic acids is 1. The highest BCUT2D eigenvalue weighted by atomic mass is 35.5. The number of aromatic nitrogens is 2. The largest absolute Gasteiger partial charge is 0.463 e. The molecule has 0 radical (unpaired) electrons. The minimum absolute atomic E-state index is 0.0148. The lowest BCUT2D eigenvalue weighted by Crippen LogP contribution is -2.08. The van der Waals surface area contributed by atoms with Gasteiger partial charge in [-0.2, -0.15) is 5.10 Å². The van der Waals surface area contributed by atoms with Crippen LogP contribution in [0, 0.1) is 0 Å². The van der Waals surface area contributed by atoms with Crippen LogP contribution in [0.15, 0.2) is 36.4 Å². The molecule has 0 atom stereocenters. The molecular formula is C14H12ClFN2O2. The molecule has 0 amide bonds. The zero-order chi connectivity index (χ0) is 14.4. The Morgan fingerprint density at radius 3 is 2.75 bits per heavy atom. The summed E-state index contributed by atoms with van der Waals surface area (Å²) in [6, 6.07) is 10.0. The molecule has 104 valence electrons. The Bertz CT molecular complexity index is 590. The number of alkyl halides is 1. The van der Waals surface area contributed by atoms with E-state index in [-0.39, 0.29) is 23.8 Å². The van der Waals surface area contributed by atoms with E-state index >= 15 is 0 Å². The molecular weight excluding hydrogens is 283 g/mol. The number of hydrogen-bond acceptors (Lipinski definition) is 4. The van der Waals surface area contributed by atoms with Crippen LogP contribution in [0.3, 0.4) is 0 Å². The Hall–Kier alpha value is -2.01. The average molecular weight is 295 g/mol. The minimum atomic E-state index is -0.891. The van der Waals surface area contributed by atoms with Gasteiger partial charge in [0.1, 0.15) is 11.5 Å². The number of ketones is 1. The van der Waals surface area contributed by atoms with Crippen molar-refractivity contribution < 1.29 is 13.9 Å². The van der Waals surface area contributed by atoms with Gasteiger partial charge in [0, 0.05) is 6.42 Å². The van der Waals surface area contributed by atoms with Gasteiger partial charge in [0.05, 0.1) is 12.1 Å². The maximum absolute atomic E-state index is 12.1. The first-order valence-corrected chi connectivity index (χ1v) is 6.32. The van der Waals surface area contributed by atoms with Crippen molar-refractivity contribution in [3.63, 3.8) is 0 Å². The van der Waals surface area contributed by atoms with Crippen molar-refractivity contribution in [3.8, 4) is 5.75 Å². The molecule has 0 aliphatic rings. The van der Waals surface area contributed by atoms with Gasteiger partial charge in [0.25, 0.3) is 0 Å². The van der Waals surface area contributed by atoms with E-state index in [1.54, 1.807) is 36.4 Å². The van der Waals surface area contributed by atoms with E-state index in [1.165, 1.54) is 0 Å². The number of ether oxygens (including phenoxy) is 1. The zero-order valence-corrected chi connectivity index (χ0v) is 11.3. The number of carbonyl (C=O) groups is 1. The van der Waals surface area contributed by atoms with Crippen molar-refractivity contribution in [3.05, 3.63) is 52.8 Å². The Balaban J connectivity index is 1.97. The third-order valence-electron chi connectivity index (χ3n) is 2.59. The average Bonchev–Trinajstić information content (AvgIpc) is 2.42. The lowest BCUT2D eigenvalue weighted by Gasteiger charge is -2.04. The molecule has 6 heteroatoms. The SMILES string of the molecule is O=C(Cc1cccc(OCF)c1)Cc1ccc(Cl)nn1. The minimum Gasteiger partial charge on any atom is -0.463 e. The number of hydrogen-bond donors (Lipinski definition) is 0. The molecule has 1 heterocycles. The third-order valence-corrected chi connectivity index (χ3v) is 2.79. The molecule has 0 unspecified atom stereocenters. The summed E-state index contributed by atoms with van der Waals surface area (Å²) in [5, 5.41) is 7.80. The van der Waals surface area contributed by atoms with Crippen molar-refractivity contribution in [2.45, 2.75) is 12.8 Å². The lowest BCUT2D eigenvalue weighted by molar-refractivity contribution is -0.117. The molecule has 1 aromatic carbocycles. The number of nitrogens with zero attached hydrogens (tertiary/aromatic N) is 2. The van der Waals surface area contributed by atoms with Crippen LogP contribution < -0.4 is 4.74 Å². The summed E-state index contributed by atoms with van der Waals surface area (Å²) < 4.78 is 16.8. The normalized spacial score (nSPS) is 10.3. The summed E-state index contributed by atoms with van der Waals surface area (Å²) in [4.78, 5) is 11.9. The van der Waals surface area contributed by atoms with Crippen LogP contribution in [0.5, 0.6) is 5.75 Å². The van der Waals surface area contributed by atoms with E-state index in [9.17, 15) is 9.18 Å². The van der Waals surface area contributed by atoms with Gasteiger partial charge >= 0.3 is 0 Å². The highest BCUT2D eigenvalue weighted by molar-refractivity contribution is 6.29. The first-order chi connectivity index (χ1) is 9.67. The molecule has 0 fully saturated rings. The summed E-state index contributed by atoms with van der Waals surface area (Å²) in [5.74, 6) is 0.392. The van der Waals surface area contributed by atoms with E-state index in [0.29, 0.717) is 11.4 Å². The predicted molar refractivity (Wildman–Crippen MR) is 72.5 cm³/mol. The zero-order valence-electron chi connectivity index (χ0n) is 10.6. The summed E-state index contributed by atoms with van der Waals surface area (Å²) in [6.07, 6.45) is 0.409. The van der Waals surface area contributed by atoms with Gasteiger partial charge in [0.15, 0.2) is 5.15 Å². The van der Waals surface area contributed by atoms with Crippen molar-refractivity contribution >= 4 is 17.4 Å². The summed E-state index contributed by atoms with van der Waals surface area (Å²) in [6.45, 7) is -0.891. The lowest BCUT2D eigenvalue weighted by atomic mass is 10.1. The fourth-order valence-corrected chi connectivity index (χ4v) is 1.84. The molecule has 2 rings (SSSR count). The van der Waals surface area contributed by atoms with Gasteiger partial charge in [-0.1, -0.05) is 23.7 Å². The molecule has 0 aliphatic carbocycles. The fraction of sp³-hybridized carbons (Fsp3) is 0.214. The van der Waals surface area contributed by atoms with E-state index in [1.807, 2.05) is 0 Å². The fourth-order valence-electron chi connectivity index (χ4n) is 1.74. The Kier molecular flexibility index (Phi) is 5.01. The quantitative estimate of drug-likeness (QED) is 0.822. The molecule has 1 aromatic heterocycles. The van der Waals surface area contributed by atoms with E-state index in [4.69, 9.17) is 16.3 Å². The molecule has 0 spiro atoms. The Morgan fingerprint density at radius 1 is 1.20 bits per heavy atom. The summed E-state index contributed by atoms with van der Waals surface area (Å²) in [7, 11) is 0. The topological polar surface area (TPSA) is 52.1 Å². The predicted octanol–water partition coefficient (Wildman–Crippen LogP) is 2.79. The molecule has 4 nitrogen and oxygen atoms in total. The maximum Gasteiger partial charge on any atom is 0.228 e. The number of benzene rings is 1. The summed E-state index contributed by atoms with van der Waals surface area (Å²) >= 11 is 5.62. The number of rotatable bonds is 6. The maximum atomic E-state index is 12.1. The van der Waals surface area contributed by atoms with Crippen LogP contribution >= 0.6 is 11.6 Å². The summed E-state index contributed by atoms with van der Waals surface area (Å²) in [5.41, 5.74) is 1.33. The Morgan fingerprint density at radius 2 is 2.05 bits per heavy atom. The van der Waals surface area contributed by atoms with Crippen LogP contribution in [-0.4, -0.2) is 22.8 Å². The van der Waals surface area contributed by atoms with Crippen molar-refractivity contribution in [1.29, 1.82) is 0 Å². The molecule has 0 bridgehead atoms. The molecule has 0 saturated carbocycles. The van der Waals surface area contributed by atoms with Gasteiger partial charge in [-0.15, -0.1) is 5.10 Å². The van der Waals surface area contributed by atoms with Gasteiger partial charge in [-0.05, 0) is 29.8 Å². The van der Waals surface area contributed by atoms with Crippen molar-refractivity contribution in [2.24, 2.45) is 0 Å². The molecule has 2 aromatic rings. The number of Topliss-reactive ketones (excluding diaryl/α,β-unsaturated/α-hetero) is 1. The van der Waals surface area contributed by atoms with Crippen LogP contribution in [0.2, 0.25) is 5.15 Å². The third kappa shape index (κ3) is 4.28. The van der Waals surface area contributed by atoms with Gasteiger partial charge in [-0.3, -0.25) is 4.79 Å². The van der Waals surface area contributed by atoms with Crippen LogP contribution in [0.4, 0.5) is 4.39 Å². The highest BCUT2D eigenvalue weighted by Crippen LogP contribution is 2.14. The molecule has 0 aliphatic heterocycles. The monoisotopic (exact) mass is 294 g/mol. The molecule has 20 heavy (non-hydrogen) atoms. The van der Waals surface area contributed by atoms with Gasteiger partial charge < -0.3 is 4.74 Å². The second-order valence-corrected chi connectivity index (χ2v) is 4.53. The van der Waals surface area contributed by atoms with Crippen LogP contribution in [0.1, 0.15) is 11.3 Å².